The summed E-state index contributed by atoms with van der Waals surface area (Å²) in [5.74, 6) is -1.61. The van der Waals surface area contributed by atoms with E-state index >= 15 is 0 Å². The molecule has 0 saturated carbocycles. The fraction of sp³-hybridized carbons (Fsp3) is 0.240. The number of hydrogen-bond donors (Lipinski definition) is 2. The van der Waals surface area contributed by atoms with Crippen LogP contribution in [0.25, 0.3) is 0 Å². The van der Waals surface area contributed by atoms with Gasteiger partial charge in [0.05, 0.1) is 11.0 Å². The van der Waals surface area contributed by atoms with Crippen LogP contribution in [0.4, 0.5) is 17.1 Å². The first-order valence-electron chi connectivity index (χ1n) is 11.3. The number of pyridine rings is 1. The molecule has 10 heteroatoms. The fourth-order valence-electron chi connectivity index (χ4n) is 4.09. The first-order chi connectivity index (χ1) is 17.0. The smallest absolute Gasteiger partial charge is 0.313 e. The highest BCUT2D eigenvalue weighted by atomic mass is 16.6. The maximum absolute atomic E-state index is 12.5. The summed E-state index contributed by atoms with van der Waals surface area (Å²) >= 11 is 0. The van der Waals surface area contributed by atoms with Crippen LogP contribution in [0.1, 0.15) is 11.6 Å². The molecule has 1 aliphatic rings. The molecule has 1 fully saturated rings. The summed E-state index contributed by atoms with van der Waals surface area (Å²) in [7, 11) is 0. The van der Waals surface area contributed by atoms with Crippen molar-refractivity contribution in [1.29, 1.82) is 0 Å². The van der Waals surface area contributed by atoms with E-state index in [0.29, 0.717) is 5.69 Å². The summed E-state index contributed by atoms with van der Waals surface area (Å²) in [6.07, 6.45) is 3.47. The molecule has 1 saturated heterocycles. The molecule has 10 nitrogen and oxygen atoms in total. The van der Waals surface area contributed by atoms with Crippen LogP contribution in [-0.2, 0) is 9.59 Å². The second-order valence-electron chi connectivity index (χ2n) is 8.13. The van der Waals surface area contributed by atoms with Crippen molar-refractivity contribution in [3.8, 4) is 0 Å². The lowest BCUT2D eigenvalue weighted by Gasteiger charge is -2.40. The molecule has 2 N–H and O–H groups in total. The van der Waals surface area contributed by atoms with E-state index in [1.807, 2.05) is 30.3 Å². The van der Waals surface area contributed by atoms with E-state index in [-0.39, 0.29) is 18.3 Å². The van der Waals surface area contributed by atoms with Crippen molar-refractivity contribution >= 4 is 28.9 Å². The van der Waals surface area contributed by atoms with E-state index in [0.717, 1.165) is 31.7 Å². The van der Waals surface area contributed by atoms with E-state index in [4.69, 9.17) is 0 Å². The van der Waals surface area contributed by atoms with E-state index in [1.165, 1.54) is 30.0 Å². The Morgan fingerprint density at radius 1 is 0.943 bits per heavy atom. The Labute approximate surface area is 202 Å². The maximum atomic E-state index is 12.5. The number of nitro groups is 1. The van der Waals surface area contributed by atoms with Crippen molar-refractivity contribution in [2.45, 2.75) is 6.04 Å². The Morgan fingerprint density at radius 3 is 2.29 bits per heavy atom. The SMILES string of the molecule is O=C(NC[C@@H](c1cccnc1)N1CCN(c2ccccc2)CC1)C(=O)Nc1ccc([N+](=O)[O-])cc1. The number of non-ortho nitro benzene ring substituents is 1. The number of rotatable bonds is 7. The summed E-state index contributed by atoms with van der Waals surface area (Å²) in [4.78, 5) is 43.9. The normalized spacial score (nSPS) is 14.7. The van der Waals surface area contributed by atoms with Gasteiger partial charge in [0.2, 0.25) is 0 Å². The molecule has 0 bridgehead atoms. The van der Waals surface area contributed by atoms with Gasteiger partial charge in [-0.15, -0.1) is 0 Å². The first-order valence-corrected chi connectivity index (χ1v) is 11.3. The van der Waals surface area contributed by atoms with Gasteiger partial charge in [-0.25, -0.2) is 0 Å². The molecule has 0 spiro atoms. The van der Waals surface area contributed by atoms with Crippen LogP contribution in [0.15, 0.2) is 79.1 Å². The Balaban J connectivity index is 1.37. The molecule has 0 radical (unpaired) electrons. The summed E-state index contributed by atoms with van der Waals surface area (Å²) in [6, 6.07) is 19.2. The largest absolute Gasteiger partial charge is 0.369 e. The molecule has 2 aromatic carbocycles. The van der Waals surface area contributed by atoms with E-state index in [2.05, 4.69) is 37.6 Å². The summed E-state index contributed by atoms with van der Waals surface area (Å²) in [5.41, 5.74) is 2.34. The number of nitrogens with one attached hydrogen (secondary N) is 2. The minimum Gasteiger partial charge on any atom is -0.369 e. The van der Waals surface area contributed by atoms with Crippen molar-refractivity contribution in [2.24, 2.45) is 0 Å². The van der Waals surface area contributed by atoms with Crippen molar-refractivity contribution in [2.75, 3.05) is 42.9 Å². The number of hydrogen-bond acceptors (Lipinski definition) is 7. The topological polar surface area (TPSA) is 121 Å². The molecule has 1 aliphatic heterocycles. The fourth-order valence-corrected chi connectivity index (χ4v) is 4.09. The lowest BCUT2D eigenvalue weighted by molar-refractivity contribution is -0.384. The van der Waals surface area contributed by atoms with Gasteiger partial charge in [-0.2, -0.15) is 0 Å². The molecule has 1 aromatic heterocycles. The van der Waals surface area contributed by atoms with E-state index in [9.17, 15) is 19.7 Å². The number of piperazine rings is 1. The highest BCUT2D eigenvalue weighted by Crippen LogP contribution is 2.23. The molecule has 3 aromatic rings. The van der Waals surface area contributed by atoms with Crippen molar-refractivity contribution < 1.29 is 14.5 Å². The van der Waals surface area contributed by atoms with Gasteiger partial charge in [0.15, 0.2) is 0 Å². The third-order valence-corrected chi connectivity index (χ3v) is 5.94. The van der Waals surface area contributed by atoms with Crippen molar-refractivity contribution in [3.63, 3.8) is 0 Å². The zero-order valence-corrected chi connectivity index (χ0v) is 19.0. The molecule has 1 atom stereocenters. The summed E-state index contributed by atoms with van der Waals surface area (Å²) < 4.78 is 0. The van der Waals surface area contributed by atoms with Crippen molar-refractivity contribution in [1.82, 2.24) is 15.2 Å². The van der Waals surface area contributed by atoms with Gasteiger partial charge in [-0.3, -0.25) is 29.6 Å². The molecule has 4 rings (SSSR count). The standard InChI is InChI=1S/C25H26N6O4/c32-24(25(33)28-20-8-10-22(11-9-20)31(34)35)27-18-23(19-5-4-12-26-17-19)30-15-13-29(14-16-30)21-6-2-1-3-7-21/h1-12,17,23H,13-16,18H2,(H,27,32)(H,28,33)/t23-/m0/s1. The zero-order chi connectivity index (χ0) is 24.6. The lowest BCUT2D eigenvalue weighted by Crippen LogP contribution is -2.50. The van der Waals surface area contributed by atoms with Crippen LogP contribution in [0.2, 0.25) is 0 Å². The number of aromatic nitrogens is 1. The van der Waals surface area contributed by atoms with Crippen LogP contribution in [0.3, 0.4) is 0 Å². The van der Waals surface area contributed by atoms with E-state index in [1.54, 1.807) is 12.4 Å². The zero-order valence-electron chi connectivity index (χ0n) is 19.0. The number of anilines is 2. The van der Waals surface area contributed by atoms with Crippen LogP contribution in [0, 0.1) is 10.1 Å². The number of para-hydroxylation sites is 1. The Morgan fingerprint density at radius 2 is 1.66 bits per heavy atom. The number of nitrogens with zero attached hydrogens (tertiary/aromatic N) is 4. The molecule has 180 valence electrons. The van der Waals surface area contributed by atoms with E-state index < -0.39 is 16.7 Å². The van der Waals surface area contributed by atoms with Crippen LogP contribution < -0.4 is 15.5 Å². The minimum absolute atomic E-state index is 0.0980. The highest BCUT2D eigenvalue weighted by Gasteiger charge is 2.27. The molecule has 35 heavy (non-hydrogen) atoms. The molecule has 2 heterocycles. The maximum Gasteiger partial charge on any atom is 0.313 e. The number of amides is 2. The second-order valence-corrected chi connectivity index (χ2v) is 8.13. The quantitative estimate of drug-likeness (QED) is 0.307. The van der Waals surface area contributed by atoms with Crippen molar-refractivity contribution in [3.05, 3.63) is 94.8 Å². The van der Waals surface area contributed by atoms with Gasteiger partial charge < -0.3 is 15.5 Å². The average molecular weight is 475 g/mol. The first kappa shape index (κ1) is 23.8. The molecule has 0 unspecified atom stereocenters. The average Bonchev–Trinajstić information content (AvgIpc) is 2.90. The summed E-state index contributed by atoms with van der Waals surface area (Å²) in [6.45, 7) is 3.51. The van der Waals surface area contributed by atoms with Crippen LogP contribution in [0.5, 0.6) is 0 Å². The predicted octanol–water partition coefficient (Wildman–Crippen LogP) is 2.61. The Hall–Kier alpha value is -4.31. The second kappa shape index (κ2) is 11.2. The summed E-state index contributed by atoms with van der Waals surface area (Å²) in [5, 5.41) is 16.0. The number of nitro benzene ring substituents is 1. The van der Waals surface area contributed by atoms with Gasteiger partial charge in [0.25, 0.3) is 5.69 Å². The number of carbonyl (C=O) groups is 2. The van der Waals surface area contributed by atoms with Gasteiger partial charge >= 0.3 is 11.8 Å². The highest BCUT2D eigenvalue weighted by molar-refractivity contribution is 6.39. The van der Waals surface area contributed by atoms with Crippen LogP contribution >= 0.6 is 0 Å². The molecule has 0 aliphatic carbocycles. The monoisotopic (exact) mass is 474 g/mol. The minimum atomic E-state index is -0.835. The Bertz CT molecular complexity index is 1150. The predicted molar refractivity (Wildman–Crippen MR) is 132 cm³/mol. The molecular weight excluding hydrogens is 448 g/mol. The van der Waals surface area contributed by atoms with Gasteiger partial charge in [-0.1, -0.05) is 24.3 Å². The lowest BCUT2D eigenvalue weighted by atomic mass is 10.1. The third kappa shape index (κ3) is 6.18. The van der Waals surface area contributed by atoms with Crippen LogP contribution in [-0.4, -0.2) is 59.3 Å². The van der Waals surface area contributed by atoms with Gasteiger partial charge in [0, 0.05) is 68.6 Å². The number of carbonyl (C=O) groups excluding carboxylic acids is 2. The Kier molecular flexibility index (Phi) is 7.63. The van der Waals surface area contributed by atoms with Gasteiger partial charge in [0.1, 0.15) is 0 Å². The molecule has 2 amide bonds. The number of benzene rings is 2. The van der Waals surface area contributed by atoms with Gasteiger partial charge in [-0.05, 0) is 35.9 Å². The third-order valence-electron chi connectivity index (χ3n) is 5.94. The molecular formula is C25H26N6O4.